The van der Waals surface area contributed by atoms with Gasteiger partial charge >= 0.3 is 51.4 Å². The summed E-state index contributed by atoms with van der Waals surface area (Å²) in [7, 11) is -4.01. The fraction of sp³-hybridized carbons (Fsp3) is 0.0526. The van der Waals surface area contributed by atoms with E-state index in [0.29, 0.717) is 31.9 Å². The molecule has 0 spiro atoms. The standard InChI is InChI=1S/C19H17Cl2N3O4S3.K/c1-10(14-9-30-18(17(14)25)11-2-7-15(20)16(21)8-11)23-24-19(29)22-12-3-5-13(6-4-12)31(26,27)28;/h2-9,25-28H,1H3,(H2,22,24,29);/q;+1/p-1/b23-10+;. The predicted octanol–water partition coefficient (Wildman–Crippen LogP) is 3.38. The minimum Gasteiger partial charge on any atom is -0.769 e. The van der Waals surface area contributed by atoms with Gasteiger partial charge in [-0.1, -0.05) is 40.1 Å². The fourth-order valence-electron chi connectivity index (χ4n) is 2.52. The number of anilines is 1. The van der Waals surface area contributed by atoms with Crippen LogP contribution in [-0.4, -0.2) is 29.6 Å². The third kappa shape index (κ3) is 7.12. The van der Waals surface area contributed by atoms with Crippen molar-refractivity contribution in [2.45, 2.75) is 11.8 Å². The molecule has 1 aromatic heterocycles. The summed E-state index contributed by atoms with van der Waals surface area (Å²) in [5.41, 5.74) is 4.97. The number of hydrogen-bond donors (Lipinski definition) is 5. The van der Waals surface area contributed by atoms with E-state index in [-0.39, 0.29) is 67.1 Å². The van der Waals surface area contributed by atoms with Crippen molar-refractivity contribution in [3.05, 3.63) is 63.5 Å². The first-order valence-corrected chi connectivity index (χ1v) is 12.0. The van der Waals surface area contributed by atoms with Crippen LogP contribution in [0.4, 0.5) is 5.69 Å². The number of hydrogen-bond acceptors (Lipinski definition) is 7. The van der Waals surface area contributed by atoms with Gasteiger partial charge in [0.25, 0.3) is 0 Å². The van der Waals surface area contributed by atoms with Crippen molar-refractivity contribution in [1.82, 2.24) is 5.43 Å². The van der Waals surface area contributed by atoms with Crippen molar-refractivity contribution in [3.63, 3.8) is 0 Å². The van der Waals surface area contributed by atoms with Crippen LogP contribution < -0.4 is 62.1 Å². The summed E-state index contributed by atoms with van der Waals surface area (Å²) in [6, 6.07) is 10.7. The van der Waals surface area contributed by atoms with Gasteiger partial charge in [0.05, 0.1) is 26.2 Å². The van der Waals surface area contributed by atoms with Crippen molar-refractivity contribution in [2.24, 2.45) is 5.10 Å². The number of hydrazone groups is 1. The maximum absolute atomic E-state index is 11.2. The van der Waals surface area contributed by atoms with E-state index in [1.807, 2.05) is 0 Å². The Balaban J connectivity index is 0.00000363. The SMILES string of the molecule is C/C(=N\NC(=S)Nc1ccc(S([O-])(O)O)cc1)c1csc(-c2ccc(Cl)c(Cl)c2)c1O.[K+]. The predicted molar refractivity (Wildman–Crippen MR) is 131 cm³/mol. The number of nitrogens with one attached hydrogen (secondary N) is 2. The fourth-order valence-corrected chi connectivity index (χ4v) is 4.47. The van der Waals surface area contributed by atoms with Gasteiger partial charge in [0, 0.05) is 16.0 Å². The molecule has 1 heterocycles. The monoisotopic (exact) mass is 555 g/mol. The Hall–Kier alpha value is -0.254. The summed E-state index contributed by atoms with van der Waals surface area (Å²) in [4.78, 5) is 0.518. The van der Waals surface area contributed by atoms with E-state index >= 15 is 0 Å². The molecule has 0 unspecified atom stereocenters. The normalized spacial score (nSPS) is 12.1. The van der Waals surface area contributed by atoms with Crippen LogP contribution in [0.3, 0.4) is 0 Å². The molecular formula is C19H16Cl2KN3O4S3. The molecule has 0 bridgehead atoms. The molecule has 13 heteroatoms. The Morgan fingerprint density at radius 3 is 2.38 bits per heavy atom. The first kappa shape index (κ1) is 28.0. The van der Waals surface area contributed by atoms with Gasteiger partial charge in [0.1, 0.15) is 5.75 Å². The summed E-state index contributed by atoms with van der Waals surface area (Å²) >= 11 is 18.5. The van der Waals surface area contributed by atoms with Crippen molar-refractivity contribution < 1.29 is 70.1 Å². The Morgan fingerprint density at radius 2 is 1.78 bits per heavy atom. The largest absolute Gasteiger partial charge is 1.00 e. The van der Waals surface area contributed by atoms with E-state index in [9.17, 15) is 9.66 Å². The zero-order valence-corrected chi connectivity index (χ0v) is 23.9. The van der Waals surface area contributed by atoms with Crippen LogP contribution in [0.25, 0.3) is 10.4 Å². The third-order valence-corrected chi connectivity index (χ3v) is 6.92. The molecule has 164 valence electrons. The number of rotatable bonds is 5. The molecule has 5 N–H and O–H groups in total. The van der Waals surface area contributed by atoms with Crippen LogP contribution in [0.2, 0.25) is 10.0 Å². The summed E-state index contributed by atoms with van der Waals surface area (Å²) < 4.78 is 29.4. The average Bonchev–Trinajstić information content (AvgIpc) is 3.09. The molecule has 3 aromatic rings. The van der Waals surface area contributed by atoms with E-state index in [1.165, 1.54) is 35.6 Å². The smallest absolute Gasteiger partial charge is 0.769 e. The maximum atomic E-state index is 11.2. The molecule has 32 heavy (non-hydrogen) atoms. The minimum atomic E-state index is -4.01. The molecule has 0 atom stereocenters. The third-order valence-electron chi connectivity index (χ3n) is 4.08. The van der Waals surface area contributed by atoms with Gasteiger partial charge in [-0.2, -0.15) is 5.10 Å². The molecule has 0 aliphatic heterocycles. The van der Waals surface area contributed by atoms with E-state index < -0.39 is 10.9 Å². The maximum Gasteiger partial charge on any atom is 1.00 e. The molecule has 0 aliphatic rings. The quantitative estimate of drug-likeness (QED) is 0.141. The molecule has 0 saturated carbocycles. The van der Waals surface area contributed by atoms with Crippen LogP contribution >= 0.6 is 57.6 Å². The zero-order chi connectivity index (χ0) is 22.8. The molecular weight excluding hydrogens is 540 g/mol. The molecule has 0 aliphatic carbocycles. The van der Waals surface area contributed by atoms with E-state index in [4.69, 9.17) is 44.5 Å². The average molecular weight is 557 g/mol. The Labute approximate surface area is 248 Å². The van der Waals surface area contributed by atoms with Crippen LogP contribution in [0.1, 0.15) is 12.5 Å². The van der Waals surface area contributed by atoms with Crippen LogP contribution in [-0.2, 0) is 0 Å². The molecule has 0 radical (unpaired) electrons. The Morgan fingerprint density at radius 1 is 1.12 bits per heavy atom. The molecule has 0 fully saturated rings. The number of aromatic hydroxyl groups is 1. The summed E-state index contributed by atoms with van der Waals surface area (Å²) in [5, 5.41) is 20.4. The summed E-state index contributed by atoms with van der Waals surface area (Å²) in [6.07, 6.45) is 0. The van der Waals surface area contributed by atoms with E-state index in [2.05, 4.69) is 15.8 Å². The first-order chi connectivity index (χ1) is 14.6. The molecule has 3 rings (SSSR count). The molecule has 0 saturated heterocycles. The minimum absolute atomic E-state index is 0. The van der Waals surface area contributed by atoms with Gasteiger partial charge < -0.3 is 24.1 Å². The second-order valence-corrected chi connectivity index (χ2v) is 9.81. The van der Waals surface area contributed by atoms with E-state index in [0.717, 1.165) is 5.56 Å². The molecule has 7 nitrogen and oxygen atoms in total. The van der Waals surface area contributed by atoms with Crippen LogP contribution in [0, 0.1) is 0 Å². The first-order valence-electron chi connectivity index (χ1n) is 8.53. The van der Waals surface area contributed by atoms with Crippen molar-refractivity contribution in [2.75, 3.05) is 5.32 Å². The van der Waals surface area contributed by atoms with Crippen molar-refractivity contribution in [3.8, 4) is 16.2 Å². The summed E-state index contributed by atoms with van der Waals surface area (Å²) in [6.45, 7) is 1.71. The Bertz CT molecular complexity index is 1150. The van der Waals surface area contributed by atoms with Gasteiger partial charge in [-0.15, -0.1) is 11.3 Å². The van der Waals surface area contributed by atoms with Gasteiger partial charge in [-0.05, 0) is 61.1 Å². The van der Waals surface area contributed by atoms with Gasteiger partial charge in [0.15, 0.2) is 5.11 Å². The molecule has 0 amide bonds. The number of thiocarbonyl (C=S) groups is 1. The van der Waals surface area contributed by atoms with Gasteiger partial charge in [-0.3, -0.25) is 5.43 Å². The van der Waals surface area contributed by atoms with Crippen molar-refractivity contribution >= 4 is 74.1 Å². The second-order valence-electron chi connectivity index (χ2n) is 6.24. The van der Waals surface area contributed by atoms with Crippen molar-refractivity contribution in [1.29, 1.82) is 0 Å². The number of nitrogens with zero attached hydrogens (tertiary/aromatic N) is 1. The zero-order valence-electron chi connectivity index (χ0n) is 16.8. The van der Waals surface area contributed by atoms with Gasteiger partial charge in [-0.25, -0.2) is 0 Å². The number of thiophene rings is 1. The molecule has 2 aromatic carbocycles. The van der Waals surface area contributed by atoms with Crippen LogP contribution in [0.15, 0.2) is 57.8 Å². The summed E-state index contributed by atoms with van der Waals surface area (Å²) in [5.74, 6) is 0.0671. The van der Waals surface area contributed by atoms with Gasteiger partial charge in [0.2, 0.25) is 0 Å². The second kappa shape index (κ2) is 11.9. The van der Waals surface area contributed by atoms with E-state index in [1.54, 1.807) is 30.5 Å². The Kier molecular flexibility index (Phi) is 10.4. The number of halogens is 2. The van der Waals surface area contributed by atoms with Crippen LogP contribution in [0.5, 0.6) is 5.75 Å². The number of benzene rings is 2. The topological polar surface area (TPSA) is 120 Å².